The van der Waals surface area contributed by atoms with Crippen LogP contribution < -0.4 is 9.47 Å². The second-order valence-corrected chi connectivity index (χ2v) is 15.7. The molecule has 0 saturated heterocycles. The molecule has 3 aliphatic rings. The van der Waals surface area contributed by atoms with Crippen LogP contribution in [-0.4, -0.2) is 77.8 Å². The van der Waals surface area contributed by atoms with Gasteiger partial charge in [-0.05, 0) is 94.5 Å². The fourth-order valence-corrected chi connectivity index (χ4v) is 8.24. The standard InChI is InChI=1S/C44H59FN2O8/c1-7-9-25-51-42(50)47(6)39-28-37(46-55-43(3,4)5)34-26-30(16-12-14-22-48)33(18-13-15-23-49)40-35-27-32(52-29-31-17-10-11-19-36(31)45)20-21-38(35)54-44(39,41(34)40)53-24-8-2/h7-8,10-11,17,19-21,26-27,30,33,39-41,48-49H,1-2,9,12-16,18,22-25,28-29H2,3-6H3/t30-,33+,39-,40+,41+,44+/m0/s1. The van der Waals surface area contributed by atoms with Crippen LogP contribution in [0.1, 0.15) is 89.2 Å². The van der Waals surface area contributed by atoms with Gasteiger partial charge in [-0.3, -0.25) is 0 Å². The van der Waals surface area contributed by atoms with Crippen molar-refractivity contribution >= 4 is 11.8 Å². The Hall–Kier alpha value is -4.19. The average Bonchev–Trinajstić information content (AvgIpc) is 3.16. The Bertz CT molecular complexity index is 1690. The van der Waals surface area contributed by atoms with E-state index in [2.05, 4.69) is 19.2 Å². The van der Waals surface area contributed by atoms with Crippen molar-refractivity contribution in [3.63, 3.8) is 0 Å². The van der Waals surface area contributed by atoms with Crippen molar-refractivity contribution in [1.29, 1.82) is 0 Å². The minimum Gasteiger partial charge on any atom is -0.489 e. The molecular weight excluding hydrogens is 703 g/mol. The molecule has 0 unspecified atom stereocenters. The number of halogens is 1. The molecule has 55 heavy (non-hydrogen) atoms. The normalized spacial score (nSPS) is 24.8. The van der Waals surface area contributed by atoms with Gasteiger partial charge in [0.05, 0.1) is 24.8 Å². The number of likely N-dealkylation sites (N-methyl/N-ethyl adjacent to an activating group) is 1. The molecule has 300 valence electrons. The first kappa shape index (κ1) is 42.0. The van der Waals surface area contributed by atoms with Crippen LogP contribution in [0.3, 0.4) is 0 Å². The predicted octanol–water partition coefficient (Wildman–Crippen LogP) is 8.48. The molecule has 5 rings (SSSR count). The highest BCUT2D eigenvalue weighted by atomic mass is 19.1. The third-order valence-electron chi connectivity index (χ3n) is 10.7. The van der Waals surface area contributed by atoms with Gasteiger partial charge < -0.3 is 38.9 Å². The zero-order chi connectivity index (χ0) is 39.6. The molecule has 1 fully saturated rings. The summed E-state index contributed by atoms with van der Waals surface area (Å²) < 4.78 is 40.6. The van der Waals surface area contributed by atoms with Crippen LogP contribution in [0.15, 0.2) is 84.6 Å². The van der Waals surface area contributed by atoms with Crippen molar-refractivity contribution in [3.8, 4) is 11.5 Å². The molecule has 2 aromatic rings. The maximum Gasteiger partial charge on any atom is 0.409 e. The van der Waals surface area contributed by atoms with E-state index in [1.54, 1.807) is 42.3 Å². The number of carbonyl (C=O) groups is 1. The maximum absolute atomic E-state index is 14.6. The topological polar surface area (TPSA) is 119 Å². The van der Waals surface area contributed by atoms with E-state index in [1.165, 1.54) is 6.07 Å². The minimum atomic E-state index is -1.40. The number of aliphatic hydroxyl groups excluding tert-OH is 2. The molecule has 0 bridgehead atoms. The second-order valence-electron chi connectivity index (χ2n) is 15.7. The Morgan fingerprint density at radius 1 is 1.07 bits per heavy atom. The molecule has 2 aromatic carbocycles. The maximum atomic E-state index is 14.6. The van der Waals surface area contributed by atoms with Crippen LogP contribution >= 0.6 is 0 Å². The number of oxime groups is 1. The van der Waals surface area contributed by atoms with Gasteiger partial charge in [-0.1, -0.05) is 54.4 Å². The number of fused-ring (bicyclic) bond motifs is 2. The van der Waals surface area contributed by atoms with E-state index in [1.807, 2.05) is 39.0 Å². The van der Waals surface area contributed by atoms with Gasteiger partial charge in [0, 0.05) is 43.7 Å². The van der Waals surface area contributed by atoms with E-state index in [0.717, 1.165) is 36.8 Å². The van der Waals surface area contributed by atoms with Crippen LogP contribution in [0.2, 0.25) is 0 Å². The van der Waals surface area contributed by atoms with Crippen LogP contribution in [0.5, 0.6) is 11.5 Å². The van der Waals surface area contributed by atoms with Gasteiger partial charge in [0.25, 0.3) is 0 Å². The first-order chi connectivity index (χ1) is 26.5. The summed E-state index contributed by atoms with van der Waals surface area (Å²) in [6.45, 7) is 14.1. The number of nitrogens with zero attached hydrogens (tertiary/aromatic N) is 2. The summed E-state index contributed by atoms with van der Waals surface area (Å²) >= 11 is 0. The van der Waals surface area contributed by atoms with Crippen LogP contribution in [0.4, 0.5) is 9.18 Å². The fourth-order valence-electron chi connectivity index (χ4n) is 8.24. The summed E-state index contributed by atoms with van der Waals surface area (Å²) in [5, 5.41) is 24.5. The summed E-state index contributed by atoms with van der Waals surface area (Å²) in [5.41, 5.74) is 2.39. The van der Waals surface area contributed by atoms with E-state index >= 15 is 0 Å². The van der Waals surface area contributed by atoms with Gasteiger partial charge in [-0.15, -0.1) is 13.2 Å². The molecule has 1 aliphatic heterocycles. The van der Waals surface area contributed by atoms with E-state index in [4.69, 9.17) is 28.9 Å². The van der Waals surface area contributed by atoms with Crippen molar-refractivity contribution in [3.05, 3.63) is 96.4 Å². The number of hydrogen-bond donors (Lipinski definition) is 2. The van der Waals surface area contributed by atoms with Crippen LogP contribution in [0.25, 0.3) is 0 Å². The Labute approximate surface area is 325 Å². The highest BCUT2D eigenvalue weighted by Crippen LogP contribution is 2.62. The lowest BCUT2D eigenvalue weighted by molar-refractivity contribution is -0.253. The van der Waals surface area contributed by atoms with Gasteiger partial charge in [0.15, 0.2) is 0 Å². The lowest BCUT2D eigenvalue weighted by Gasteiger charge is -2.59. The number of allylic oxidation sites excluding steroid dienone is 1. The Morgan fingerprint density at radius 3 is 2.51 bits per heavy atom. The molecule has 2 N–H and O–H groups in total. The number of hydrogen-bond acceptors (Lipinski definition) is 9. The zero-order valence-electron chi connectivity index (χ0n) is 32.9. The third kappa shape index (κ3) is 9.80. The molecule has 0 aromatic heterocycles. The summed E-state index contributed by atoms with van der Waals surface area (Å²) in [7, 11) is 1.70. The van der Waals surface area contributed by atoms with Crippen molar-refractivity contribution < 1.29 is 43.2 Å². The van der Waals surface area contributed by atoms with Gasteiger partial charge in [0.2, 0.25) is 5.79 Å². The van der Waals surface area contributed by atoms with Crippen LogP contribution in [-0.2, 0) is 20.9 Å². The number of amides is 1. The monoisotopic (exact) mass is 762 g/mol. The lowest BCUT2D eigenvalue weighted by atomic mass is 9.55. The number of carbonyl (C=O) groups excluding carboxylic acids is 1. The van der Waals surface area contributed by atoms with Gasteiger partial charge in [0.1, 0.15) is 35.6 Å². The molecule has 1 heterocycles. The summed E-state index contributed by atoms with van der Waals surface area (Å²) in [6.07, 6.45) is 10.4. The molecule has 0 spiro atoms. The van der Waals surface area contributed by atoms with E-state index in [9.17, 15) is 19.4 Å². The number of unbranched alkanes of at least 4 members (excludes halogenated alkanes) is 2. The smallest absolute Gasteiger partial charge is 0.409 e. The molecular formula is C44H59FN2O8. The molecule has 1 amide bonds. The first-order valence-corrected chi connectivity index (χ1v) is 19.6. The largest absolute Gasteiger partial charge is 0.489 e. The molecule has 10 nitrogen and oxygen atoms in total. The van der Waals surface area contributed by atoms with Crippen LogP contribution in [0, 0.1) is 23.6 Å². The number of rotatable bonds is 19. The van der Waals surface area contributed by atoms with E-state index in [-0.39, 0.29) is 63.0 Å². The Kier molecular flexibility index (Phi) is 14.6. The van der Waals surface area contributed by atoms with E-state index < -0.39 is 29.4 Å². The highest BCUT2D eigenvalue weighted by Gasteiger charge is 2.65. The average molecular weight is 763 g/mol. The van der Waals surface area contributed by atoms with Crippen molar-refractivity contribution in [2.75, 3.05) is 33.5 Å². The summed E-state index contributed by atoms with van der Waals surface area (Å²) in [6, 6.07) is 11.5. The molecule has 0 radical (unpaired) electrons. The quantitative estimate of drug-likeness (QED) is 0.0832. The third-order valence-corrected chi connectivity index (χ3v) is 10.7. The number of aliphatic hydroxyl groups is 2. The zero-order valence-corrected chi connectivity index (χ0v) is 32.9. The lowest BCUT2D eigenvalue weighted by Crippen LogP contribution is -2.69. The number of benzene rings is 2. The van der Waals surface area contributed by atoms with Gasteiger partial charge >= 0.3 is 6.09 Å². The fraction of sp³-hybridized carbons (Fsp3) is 0.545. The second kappa shape index (κ2) is 19.1. The number of ether oxygens (including phenoxy) is 4. The molecule has 2 aliphatic carbocycles. The summed E-state index contributed by atoms with van der Waals surface area (Å²) in [4.78, 5) is 21.5. The molecule has 6 atom stereocenters. The minimum absolute atomic E-state index is 0.0450. The summed E-state index contributed by atoms with van der Waals surface area (Å²) in [5.74, 6) is -1.16. The van der Waals surface area contributed by atoms with Crippen molar-refractivity contribution in [1.82, 2.24) is 4.90 Å². The van der Waals surface area contributed by atoms with Gasteiger partial charge in [-0.2, -0.15) is 0 Å². The van der Waals surface area contributed by atoms with Crippen molar-refractivity contribution in [2.45, 2.75) is 102 Å². The Morgan fingerprint density at radius 2 is 1.82 bits per heavy atom. The highest BCUT2D eigenvalue weighted by molar-refractivity contribution is 6.03. The van der Waals surface area contributed by atoms with Gasteiger partial charge in [-0.25, -0.2) is 9.18 Å². The molecule has 11 heteroatoms. The first-order valence-electron chi connectivity index (χ1n) is 19.6. The predicted molar refractivity (Wildman–Crippen MR) is 210 cm³/mol. The van der Waals surface area contributed by atoms with Crippen molar-refractivity contribution in [2.24, 2.45) is 22.9 Å². The molecule has 1 saturated carbocycles. The Balaban J connectivity index is 1.73. The van der Waals surface area contributed by atoms with E-state index in [0.29, 0.717) is 42.0 Å². The SMILES string of the molecule is C=CCCOC(=O)N(C)[C@H]1CC(=NOC(C)(C)C)C2=C[C@H](CCCCO)[C@@H](CCCCO)[C@@H]3c4cc(OCc5ccccc5F)ccc4O[C@@]1(OCC=C)[C@H]23.